The van der Waals surface area contributed by atoms with E-state index >= 15 is 0 Å². The van der Waals surface area contributed by atoms with Gasteiger partial charge in [-0.15, -0.1) is 22.7 Å². The predicted octanol–water partition coefficient (Wildman–Crippen LogP) is 8.27. The summed E-state index contributed by atoms with van der Waals surface area (Å²) in [5.41, 5.74) is 0.112. The summed E-state index contributed by atoms with van der Waals surface area (Å²) in [5, 5.41) is 3.39. The fourth-order valence-electron chi connectivity index (χ4n) is 3.92. The number of hydrogen-bond donors (Lipinski definition) is 0. The number of halogens is 1. The monoisotopic (exact) mass is 516 g/mol. The largest absolute Gasteiger partial charge is 0.492 e. The molecule has 2 heterocycles. The highest BCUT2D eigenvalue weighted by Gasteiger charge is 2.13. The Bertz CT molecular complexity index is 1750. The number of benzene rings is 4. The molecule has 0 aliphatic rings. The second-order valence-electron chi connectivity index (χ2n) is 7.95. The maximum absolute atomic E-state index is 12.6. The Morgan fingerprint density at radius 1 is 0.686 bits per heavy atom. The van der Waals surface area contributed by atoms with Gasteiger partial charge in [0.25, 0.3) is 0 Å². The number of rotatable bonds is 3. The number of ether oxygens (including phenoxy) is 1. The first kappa shape index (κ1) is 23.5. The van der Waals surface area contributed by atoms with E-state index in [9.17, 15) is 9.59 Å². The van der Waals surface area contributed by atoms with Crippen LogP contribution in [0, 0.1) is 0 Å². The van der Waals surface area contributed by atoms with Gasteiger partial charge in [0.2, 0.25) is 0 Å². The molecule has 0 aliphatic heterocycles. The van der Waals surface area contributed by atoms with Crippen molar-refractivity contribution in [2.45, 2.75) is 13.3 Å². The van der Waals surface area contributed by atoms with Gasteiger partial charge in [0.15, 0.2) is 10.9 Å². The molecule has 0 amide bonds. The molecule has 0 unspecified atom stereocenters. The van der Waals surface area contributed by atoms with Gasteiger partial charge in [0, 0.05) is 30.3 Å². The van der Waals surface area contributed by atoms with Crippen molar-refractivity contribution in [3.8, 4) is 5.75 Å². The molecule has 35 heavy (non-hydrogen) atoms. The molecule has 0 radical (unpaired) electrons. The third-order valence-electron chi connectivity index (χ3n) is 5.59. The van der Waals surface area contributed by atoms with E-state index in [1.54, 1.807) is 28.7 Å². The van der Waals surface area contributed by atoms with Crippen LogP contribution in [-0.4, -0.2) is 6.61 Å². The zero-order valence-electron chi connectivity index (χ0n) is 18.9. The zero-order chi connectivity index (χ0) is 24.4. The minimum atomic E-state index is -0.0266. The van der Waals surface area contributed by atoms with Crippen molar-refractivity contribution in [1.29, 1.82) is 0 Å². The second kappa shape index (κ2) is 10.2. The fraction of sp³-hybridized carbons (Fsp3) is 0.103. The average Bonchev–Trinajstić information content (AvgIpc) is 2.89. The highest BCUT2D eigenvalue weighted by Crippen LogP contribution is 2.35. The van der Waals surface area contributed by atoms with E-state index in [0.29, 0.717) is 22.4 Å². The van der Waals surface area contributed by atoms with Crippen LogP contribution in [0.25, 0.3) is 40.3 Å². The number of fused-ring (bicyclic) bond motifs is 4. The van der Waals surface area contributed by atoms with E-state index in [4.69, 9.17) is 16.3 Å². The minimum absolute atomic E-state index is 0.0266. The van der Waals surface area contributed by atoms with Gasteiger partial charge in [-0.3, -0.25) is 9.59 Å². The van der Waals surface area contributed by atoms with Crippen molar-refractivity contribution in [2.75, 3.05) is 6.61 Å². The van der Waals surface area contributed by atoms with Crippen LogP contribution in [0.3, 0.4) is 0 Å². The summed E-state index contributed by atoms with van der Waals surface area (Å²) in [6.07, 6.45) is 0.923. The van der Waals surface area contributed by atoms with Crippen molar-refractivity contribution in [2.24, 2.45) is 0 Å². The van der Waals surface area contributed by atoms with Gasteiger partial charge in [-0.2, -0.15) is 0 Å². The molecule has 2 aromatic heterocycles. The second-order valence-corrected chi connectivity index (χ2v) is 10.5. The van der Waals surface area contributed by atoms with Crippen molar-refractivity contribution in [3.63, 3.8) is 0 Å². The summed E-state index contributed by atoms with van der Waals surface area (Å²) in [5.74, 6) is 0.735. The normalized spacial score (nSPS) is 11.0. The lowest BCUT2D eigenvalue weighted by atomic mass is 10.2. The molecule has 0 bridgehead atoms. The van der Waals surface area contributed by atoms with Gasteiger partial charge in [0.05, 0.1) is 21.7 Å². The van der Waals surface area contributed by atoms with Crippen molar-refractivity contribution < 1.29 is 4.74 Å². The average molecular weight is 517 g/mol. The summed E-state index contributed by atoms with van der Waals surface area (Å²) in [7, 11) is 0. The SMILES string of the molecule is CCCOc1ccc(Cl)c2c(=O)c3ccccc3sc12.O=c1c2ccccc2sc2ccccc12. The van der Waals surface area contributed by atoms with Crippen LogP contribution in [0.1, 0.15) is 13.3 Å². The molecule has 6 heteroatoms. The van der Waals surface area contributed by atoms with Crippen LogP contribution in [0.15, 0.2) is 94.5 Å². The molecule has 6 aromatic rings. The first-order valence-corrected chi connectivity index (χ1v) is 13.3. The molecule has 0 N–H and O–H groups in total. The molecule has 4 aromatic carbocycles. The molecule has 174 valence electrons. The van der Waals surface area contributed by atoms with Gasteiger partial charge >= 0.3 is 0 Å². The topological polar surface area (TPSA) is 43.4 Å². The summed E-state index contributed by atoms with van der Waals surface area (Å²) in [4.78, 5) is 24.7. The van der Waals surface area contributed by atoms with Crippen LogP contribution in [-0.2, 0) is 0 Å². The van der Waals surface area contributed by atoms with Gasteiger partial charge < -0.3 is 4.74 Å². The Kier molecular flexibility index (Phi) is 6.82. The highest BCUT2D eigenvalue weighted by atomic mass is 35.5. The maximum Gasteiger partial charge on any atom is 0.197 e. The molecule has 3 nitrogen and oxygen atoms in total. The van der Waals surface area contributed by atoms with Crippen LogP contribution in [0.5, 0.6) is 5.75 Å². The quantitative estimate of drug-likeness (QED) is 0.222. The van der Waals surface area contributed by atoms with Gasteiger partial charge in [0.1, 0.15) is 5.75 Å². The Hall–Kier alpha value is -3.25. The zero-order valence-corrected chi connectivity index (χ0v) is 21.3. The molecule has 6 rings (SSSR count). The molecular weight excluding hydrogens is 496 g/mol. The molecular formula is C29H21ClO3S2. The smallest absolute Gasteiger partial charge is 0.197 e. The maximum atomic E-state index is 12.6. The van der Waals surface area contributed by atoms with Crippen molar-refractivity contribution in [1.82, 2.24) is 0 Å². The van der Waals surface area contributed by atoms with E-state index in [2.05, 4.69) is 6.92 Å². The van der Waals surface area contributed by atoms with Gasteiger partial charge in [-0.1, -0.05) is 54.9 Å². The summed E-state index contributed by atoms with van der Waals surface area (Å²) < 4.78 is 9.63. The van der Waals surface area contributed by atoms with E-state index in [1.165, 1.54) is 0 Å². The van der Waals surface area contributed by atoms with Crippen molar-refractivity contribution in [3.05, 3.63) is 110 Å². The molecule has 0 saturated carbocycles. The fourth-order valence-corrected chi connectivity index (χ4v) is 6.46. The first-order valence-electron chi connectivity index (χ1n) is 11.3. The molecule has 0 fully saturated rings. The van der Waals surface area contributed by atoms with E-state index < -0.39 is 0 Å². The Morgan fingerprint density at radius 2 is 1.20 bits per heavy atom. The predicted molar refractivity (Wildman–Crippen MR) is 152 cm³/mol. The van der Waals surface area contributed by atoms with Crippen LogP contribution in [0.4, 0.5) is 0 Å². The summed E-state index contributed by atoms with van der Waals surface area (Å²) in [6, 6.07) is 26.7. The standard InChI is InChI=1S/C16H13ClO2S.C13H8OS/c1-2-9-19-12-8-7-11(17)14-15(18)10-5-3-4-6-13(10)20-16(12)14;14-13-9-5-1-3-7-11(9)15-12-8-4-2-6-10(12)13/h3-8H,2,9H2,1H3;1-8H. The first-order chi connectivity index (χ1) is 17.1. The summed E-state index contributed by atoms with van der Waals surface area (Å²) >= 11 is 9.43. The highest BCUT2D eigenvalue weighted by molar-refractivity contribution is 7.25. The minimum Gasteiger partial charge on any atom is -0.492 e. The molecule has 0 saturated heterocycles. The summed E-state index contributed by atoms with van der Waals surface area (Å²) in [6.45, 7) is 2.68. The lowest BCUT2D eigenvalue weighted by molar-refractivity contribution is 0.321. The molecule has 0 aliphatic carbocycles. The third kappa shape index (κ3) is 4.55. The number of hydrogen-bond acceptors (Lipinski definition) is 5. The Balaban J connectivity index is 0.000000151. The van der Waals surface area contributed by atoms with Gasteiger partial charge in [-0.05, 0) is 55.0 Å². The molecule has 0 spiro atoms. The van der Waals surface area contributed by atoms with E-state index in [1.807, 2.05) is 78.9 Å². The van der Waals surface area contributed by atoms with Crippen LogP contribution in [0.2, 0.25) is 5.02 Å². The van der Waals surface area contributed by atoms with E-state index in [-0.39, 0.29) is 10.9 Å². The van der Waals surface area contributed by atoms with Crippen LogP contribution >= 0.6 is 34.3 Å². The lowest BCUT2D eigenvalue weighted by Crippen LogP contribution is -2.03. The van der Waals surface area contributed by atoms with Crippen molar-refractivity contribution >= 4 is 74.6 Å². The van der Waals surface area contributed by atoms with Gasteiger partial charge in [-0.25, -0.2) is 0 Å². The Labute approximate surface area is 214 Å². The van der Waals surface area contributed by atoms with E-state index in [0.717, 1.165) is 41.7 Å². The van der Waals surface area contributed by atoms with Crippen LogP contribution < -0.4 is 15.6 Å². The lowest BCUT2D eigenvalue weighted by Gasteiger charge is -2.09. The third-order valence-corrected chi connectivity index (χ3v) is 8.24. The Morgan fingerprint density at radius 3 is 1.77 bits per heavy atom. The molecule has 0 atom stereocenters.